The average molecular weight is 290 g/mol. The molecular weight excluding hydrogens is 260 g/mol. The monoisotopic (exact) mass is 290 g/mol. The van der Waals surface area contributed by atoms with Crippen molar-refractivity contribution in [3.63, 3.8) is 0 Å². The fourth-order valence-corrected chi connectivity index (χ4v) is 2.58. The summed E-state index contributed by atoms with van der Waals surface area (Å²) in [6, 6.07) is 8.18. The van der Waals surface area contributed by atoms with Gasteiger partial charge in [-0.3, -0.25) is 4.79 Å². The van der Waals surface area contributed by atoms with Gasteiger partial charge >= 0.3 is 0 Å². The van der Waals surface area contributed by atoms with E-state index < -0.39 is 0 Å². The van der Waals surface area contributed by atoms with E-state index in [0.717, 1.165) is 37.8 Å². The summed E-state index contributed by atoms with van der Waals surface area (Å²) in [5.41, 5.74) is 7.82. The Balaban J connectivity index is 2.92. The minimum absolute atomic E-state index is 0.128. The molecule has 0 bridgehead atoms. The Hall–Kier alpha value is -1.35. The van der Waals surface area contributed by atoms with Crippen LogP contribution < -0.4 is 10.6 Å². The van der Waals surface area contributed by atoms with Crippen LogP contribution in [0, 0.1) is 12.8 Å². The Morgan fingerprint density at radius 1 is 1.29 bits per heavy atom. The molecule has 21 heavy (non-hydrogen) atoms. The minimum atomic E-state index is 0.128. The molecule has 3 heteroatoms. The molecule has 0 aliphatic rings. The Labute approximate surface area is 129 Å². The first-order valence-corrected chi connectivity index (χ1v) is 8.22. The summed E-state index contributed by atoms with van der Waals surface area (Å²) in [5.74, 6) is 0.383. The summed E-state index contributed by atoms with van der Waals surface area (Å²) in [6.45, 7) is 7.66. The first-order chi connectivity index (χ1) is 10.1. The SMILES string of the molecule is CCCCC(CC)C(=O)N(CCCN)c1cccc(C)c1. The van der Waals surface area contributed by atoms with Crippen molar-refractivity contribution in [2.75, 3.05) is 18.0 Å². The molecule has 1 unspecified atom stereocenters. The Morgan fingerprint density at radius 2 is 2.05 bits per heavy atom. The molecule has 0 spiro atoms. The zero-order chi connectivity index (χ0) is 15.7. The van der Waals surface area contributed by atoms with Gasteiger partial charge in [0.05, 0.1) is 0 Å². The molecule has 0 radical (unpaired) electrons. The highest BCUT2D eigenvalue weighted by molar-refractivity contribution is 5.95. The van der Waals surface area contributed by atoms with Gasteiger partial charge in [0.25, 0.3) is 0 Å². The van der Waals surface area contributed by atoms with Crippen LogP contribution in [0.5, 0.6) is 0 Å². The summed E-state index contributed by atoms with van der Waals surface area (Å²) in [6.07, 6.45) is 4.98. The quantitative estimate of drug-likeness (QED) is 0.750. The summed E-state index contributed by atoms with van der Waals surface area (Å²) >= 11 is 0. The van der Waals surface area contributed by atoms with Crippen molar-refractivity contribution in [3.8, 4) is 0 Å². The van der Waals surface area contributed by atoms with Crippen LogP contribution in [0.25, 0.3) is 0 Å². The van der Waals surface area contributed by atoms with Gasteiger partial charge in [0.15, 0.2) is 0 Å². The second-order valence-electron chi connectivity index (χ2n) is 5.72. The molecule has 0 saturated heterocycles. The van der Waals surface area contributed by atoms with Crippen molar-refractivity contribution in [3.05, 3.63) is 29.8 Å². The molecule has 1 rings (SSSR count). The van der Waals surface area contributed by atoms with Crippen molar-refractivity contribution in [2.24, 2.45) is 11.7 Å². The van der Waals surface area contributed by atoms with Gasteiger partial charge in [-0.25, -0.2) is 0 Å². The van der Waals surface area contributed by atoms with Crippen LogP contribution in [0.3, 0.4) is 0 Å². The highest BCUT2D eigenvalue weighted by Crippen LogP contribution is 2.22. The normalized spacial score (nSPS) is 12.2. The predicted octanol–water partition coefficient (Wildman–Crippen LogP) is 3.89. The number of benzene rings is 1. The third-order valence-corrected chi connectivity index (χ3v) is 3.91. The van der Waals surface area contributed by atoms with E-state index in [9.17, 15) is 4.79 Å². The van der Waals surface area contributed by atoms with Crippen molar-refractivity contribution in [1.82, 2.24) is 0 Å². The smallest absolute Gasteiger partial charge is 0.230 e. The number of amides is 1. The Kier molecular flexibility index (Phi) is 8.06. The van der Waals surface area contributed by atoms with Gasteiger partial charge < -0.3 is 10.6 Å². The van der Waals surface area contributed by atoms with Crippen molar-refractivity contribution < 1.29 is 4.79 Å². The van der Waals surface area contributed by atoms with Crippen molar-refractivity contribution in [1.29, 1.82) is 0 Å². The fraction of sp³-hybridized carbons (Fsp3) is 0.611. The third kappa shape index (κ3) is 5.50. The number of anilines is 1. The van der Waals surface area contributed by atoms with E-state index in [1.54, 1.807) is 0 Å². The van der Waals surface area contributed by atoms with Gasteiger partial charge in [-0.15, -0.1) is 0 Å². The number of carbonyl (C=O) groups excluding carboxylic acids is 1. The van der Waals surface area contributed by atoms with Gasteiger partial charge in [-0.1, -0.05) is 38.8 Å². The molecule has 1 aromatic carbocycles. The number of nitrogens with zero attached hydrogens (tertiary/aromatic N) is 1. The van der Waals surface area contributed by atoms with E-state index in [-0.39, 0.29) is 11.8 Å². The number of rotatable bonds is 9. The van der Waals surface area contributed by atoms with E-state index in [1.807, 2.05) is 17.0 Å². The predicted molar refractivity (Wildman–Crippen MR) is 90.5 cm³/mol. The van der Waals surface area contributed by atoms with E-state index in [2.05, 4.69) is 32.9 Å². The number of nitrogens with two attached hydrogens (primary N) is 1. The van der Waals surface area contributed by atoms with Crippen molar-refractivity contribution >= 4 is 11.6 Å². The number of carbonyl (C=O) groups is 1. The molecule has 1 amide bonds. The van der Waals surface area contributed by atoms with E-state index in [0.29, 0.717) is 13.1 Å². The maximum atomic E-state index is 12.9. The maximum Gasteiger partial charge on any atom is 0.230 e. The summed E-state index contributed by atoms with van der Waals surface area (Å²) in [5, 5.41) is 0. The molecule has 0 heterocycles. The molecule has 0 aromatic heterocycles. The number of aryl methyl sites for hydroxylation is 1. The zero-order valence-electron chi connectivity index (χ0n) is 13.8. The number of hydrogen-bond acceptors (Lipinski definition) is 2. The lowest BCUT2D eigenvalue weighted by Crippen LogP contribution is -2.37. The first kappa shape index (κ1) is 17.7. The molecule has 0 fully saturated rings. The van der Waals surface area contributed by atoms with Crippen LogP contribution in [0.2, 0.25) is 0 Å². The van der Waals surface area contributed by atoms with Crippen LogP contribution in [0.1, 0.15) is 51.5 Å². The van der Waals surface area contributed by atoms with Crippen LogP contribution in [0.4, 0.5) is 5.69 Å². The lowest BCUT2D eigenvalue weighted by Gasteiger charge is -2.27. The second kappa shape index (κ2) is 9.56. The Bertz CT molecular complexity index is 431. The molecule has 0 saturated carbocycles. The average Bonchev–Trinajstić information content (AvgIpc) is 2.48. The molecule has 118 valence electrons. The second-order valence-corrected chi connectivity index (χ2v) is 5.72. The topological polar surface area (TPSA) is 46.3 Å². The summed E-state index contributed by atoms with van der Waals surface area (Å²) in [7, 11) is 0. The lowest BCUT2D eigenvalue weighted by atomic mass is 9.97. The number of unbranched alkanes of at least 4 members (excludes halogenated alkanes) is 1. The zero-order valence-corrected chi connectivity index (χ0v) is 13.8. The van der Waals surface area contributed by atoms with Crippen LogP contribution in [-0.4, -0.2) is 19.0 Å². The highest BCUT2D eigenvalue weighted by Gasteiger charge is 2.23. The lowest BCUT2D eigenvalue weighted by molar-refractivity contribution is -0.122. The van der Waals surface area contributed by atoms with Crippen LogP contribution in [-0.2, 0) is 4.79 Å². The van der Waals surface area contributed by atoms with E-state index in [4.69, 9.17) is 5.73 Å². The van der Waals surface area contributed by atoms with Crippen molar-refractivity contribution in [2.45, 2.75) is 52.9 Å². The van der Waals surface area contributed by atoms with Gasteiger partial charge in [0.1, 0.15) is 0 Å². The highest BCUT2D eigenvalue weighted by atomic mass is 16.2. The first-order valence-electron chi connectivity index (χ1n) is 8.22. The van der Waals surface area contributed by atoms with Gasteiger partial charge in [-0.2, -0.15) is 0 Å². The largest absolute Gasteiger partial charge is 0.330 e. The Morgan fingerprint density at radius 3 is 2.62 bits per heavy atom. The molecular formula is C18H30N2O. The molecule has 0 aliphatic heterocycles. The molecule has 1 atom stereocenters. The van der Waals surface area contributed by atoms with E-state index in [1.165, 1.54) is 5.56 Å². The summed E-state index contributed by atoms with van der Waals surface area (Å²) < 4.78 is 0. The maximum absolute atomic E-state index is 12.9. The van der Waals surface area contributed by atoms with Gasteiger partial charge in [0.2, 0.25) is 5.91 Å². The number of hydrogen-bond donors (Lipinski definition) is 1. The van der Waals surface area contributed by atoms with E-state index >= 15 is 0 Å². The standard InChI is InChI=1S/C18H30N2O/c1-4-6-10-16(5-2)18(21)20(13-8-12-19)17-11-7-9-15(3)14-17/h7,9,11,14,16H,4-6,8,10,12-13,19H2,1-3H3. The van der Waals surface area contributed by atoms with Gasteiger partial charge in [-0.05, 0) is 50.4 Å². The molecule has 0 aliphatic carbocycles. The summed E-state index contributed by atoms with van der Waals surface area (Å²) in [4.78, 5) is 14.8. The third-order valence-electron chi connectivity index (χ3n) is 3.91. The minimum Gasteiger partial charge on any atom is -0.330 e. The fourth-order valence-electron chi connectivity index (χ4n) is 2.58. The molecule has 2 N–H and O–H groups in total. The molecule has 3 nitrogen and oxygen atoms in total. The van der Waals surface area contributed by atoms with Crippen LogP contribution in [0.15, 0.2) is 24.3 Å². The van der Waals surface area contributed by atoms with Crippen LogP contribution >= 0.6 is 0 Å². The van der Waals surface area contributed by atoms with Gasteiger partial charge in [0, 0.05) is 18.2 Å². The molecule has 1 aromatic rings.